The van der Waals surface area contributed by atoms with Crippen LogP contribution in [0.15, 0.2) is 0 Å². The number of hydrogen-bond acceptors (Lipinski definition) is 1. The fourth-order valence-corrected chi connectivity index (χ4v) is 2.80. The van der Waals surface area contributed by atoms with E-state index >= 15 is 0 Å². The molecule has 0 atom stereocenters. The van der Waals surface area contributed by atoms with Crippen LogP contribution >= 0.6 is 0 Å². The second kappa shape index (κ2) is 2.23. The smallest absolute Gasteiger partial charge is 0.0207 e. The standard InChI is InChI=1S/C9H17N/c1-2-9-5-3-7-10(9)8-4-6-9/h2-8H2,1H3. The molecule has 0 aromatic carbocycles. The zero-order chi connectivity index (χ0) is 7.03. The van der Waals surface area contributed by atoms with Crippen LogP contribution in [0.2, 0.25) is 0 Å². The van der Waals surface area contributed by atoms with Crippen LogP contribution in [-0.4, -0.2) is 23.5 Å². The van der Waals surface area contributed by atoms with Crippen LogP contribution in [0.5, 0.6) is 0 Å². The number of nitrogens with zero attached hydrogens (tertiary/aromatic N) is 1. The first-order valence-corrected chi connectivity index (χ1v) is 4.62. The van der Waals surface area contributed by atoms with Crippen molar-refractivity contribution in [2.75, 3.05) is 13.1 Å². The average molecular weight is 139 g/mol. The Morgan fingerprint density at radius 1 is 1.20 bits per heavy atom. The molecule has 2 aliphatic heterocycles. The van der Waals surface area contributed by atoms with Crippen LogP contribution < -0.4 is 0 Å². The molecule has 2 fully saturated rings. The van der Waals surface area contributed by atoms with Crippen LogP contribution in [-0.2, 0) is 0 Å². The zero-order valence-corrected chi connectivity index (χ0v) is 6.90. The monoisotopic (exact) mass is 139 g/mol. The molecule has 1 heteroatoms. The van der Waals surface area contributed by atoms with Gasteiger partial charge in [0.2, 0.25) is 0 Å². The molecular formula is C9H17N. The van der Waals surface area contributed by atoms with E-state index in [9.17, 15) is 0 Å². The second-order valence-electron chi connectivity index (χ2n) is 3.77. The van der Waals surface area contributed by atoms with E-state index in [2.05, 4.69) is 11.8 Å². The van der Waals surface area contributed by atoms with Crippen LogP contribution in [0, 0.1) is 0 Å². The molecule has 0 radical (unpaired) electrons. The summed E-state index contributed by atoms with van der Waals surface area (Å²) >= 11 is 0. The highest BCUT2D eigenvalue weighted by atomic mass is 15.2. The lowest BCUT2D eigenvalue weighted by molar-refractivity contribution is 0.189. The van der Waals surface area contributed by atoms with Crippen molar-refractivity contribution in [2.45, 2.75) is 44.6 Å². The first-order chi connectivity index (χ1) is 4.87. The summed E-state index contributed by atoms with van der Waals surface area (Å²) in [6.07, 6.45) is 7.24. The SMILES string of the molecule is CCC12CCCN1CCC2. The van der Waals surface area contributed by atoms with Gasteiger partial charge in [0, 0.05) is 5.54 Å². The summed E-state index contributed by atoms with van der Waals surface area (Å²) < 4.78 is 0. The molecule has 0 aromatic rings. The third kappa shape index (κ3) is 0.731. The summed E-state index contributed by atoms with van der Waals surface area (Å²) in [6, 6.07) is 0. The van der Waals surface area contributed by atoms with Gasteiger partial charge in [-0.1, -0.05) is 6.92 Å². The highest BCUT2D eigenvalue weighted by Crippen LogP contribution is 2.40. The van der Waals surface area contributed by atoms with E-state index < -0.39 is 0 Å². The van der Waals surface area contributed by atoms with Gasteiger partial charge < -0.3 is 0 Å². The maximum atomic E-state index is 2.72. The minimum atomic E-state index is 0.681. The Kier molecular flexibility index (Phi) is 1.48. The second-order valence-corrected chi connectivity index (χ2v) is 3.77. The van der Waals surface area contributed by atoms with E-state index in [1.807, 2.05) is 0 Å². The Balaban J connectivity index is 2.15. The fraction of sp³-hybridized carbons (Fsp3) is 1.00. The number of hydrogen-bond donors (Lipinski definition) is 0. The van der Waals surface area contributed by atoms with Crippen LogP contribution in [0.1, 0.15) is 39.0 Å². The van der Waals surface area contributed by atoms with Gasteiger partial charge in [-0.2, -0.15) is 0 Å². The van der Waals surface area contributed by atoms with Gasteiger partial charge in [-0.3, -0.25) is 4.90 Å². The van der Waals surface area contributed by atoms with E-state index in [1.165, 1.54) is 45.2 Å². The maximum Gasteiger partial charge on any atom is 0.0207 e. The molecule has 0 saturated carbocycles. The summed E-state index contributed by atoms with van der Waals surface area (Å²) in [4.78, 5) is 2.72. The molecule has 2 saturated heterocycles. The summed E-state index contributed by atoms with van der Waals surface area (Å²) in [5.74, 6) is 0. The lowest BCUT2D eigenvalue weighted by Crippen LogP contribution is -2.37. The minimum absolute atomic E-state index is 0.681. The first-order valence-electron chi connectivity index (χ1n) is 4.62. The maximum absolute atomic E-state index is 2.72. The zero-order valence-electron chi connectivity index (χ0n) is 6.90. The molecule has 10 heavy (non-hydrogen) atoms. The first kappa shape index (κ1) is 6.66. The van der Waals surface area contributed by atoms with E-state index in [-0.39, 0.29) is 0 Å². The number of fused-ring (bicyclic) bond motifs is 1. The molecule has 2 heterocycles. The van der Waals surface area contributed by atoms with Crippen molar-refractivity contribution in [3.8, 4) is 0 Å². The lowest BCUT2D eigenvalue weighted by atomic mass is 9.91. The minimum Gasteiger partial charge on any atom is -0.298 e. The predicted molar refractivity (Wildman–Crippen MR) is 43.1 cm³/mol. The summed E-state index contributed by atoms with van der Waals surface area (Å²) in [7, 11) is 0. The lowest BCUT2D eigenvalue weighted by Gasteiger charge is -2.30. The molecule has 0 amide bonds. The fourth-order valence-electron chi connectivity index (χ4n) is 2.80. The van der Waals surface area contributed by atoms with Gasteiger partial charge in [0.1, 0.15) is 0 Å². The summed E-state index contributed by atoms with van der Waals surface area (Å²) in [5, 5.41) is 0. The molecule has 2 rings (SSSR count). The Morgan fingerprint density at radius 3 is 2.20 bits per heavy atom. The van der Waals surface area contributed by atoms with Gasteiger partial charge >= 0.3 is 0 Å². The average Bonchev–Trinajstić information content (AvgIpc) is 2.42. The third-order valence-corrected chi connectivity index (χ3v) is 3.47. The van der Waals surface area contributed by atoms with Gasteiger partial charge in [0.15, 0.2) is 0 Å². The normalized spacial score (nSPS) is 30.9. The molecular weight excluding hydrogens is 122 g/mol. The Hall–Kier alpha value is -0.0400. The predicted octanol–water partition coefficient (Wildman–Crippen LogP) is 2.02. The number of rotatable bonds is 1. The van der Waals surface area contributed by atoms with Gasteiger partial charge in [-0.25, -0.2) is 0 Å². The molecule has 0 aromatic heterocycles. The van der Waals surface area contributed by atoms with E-state index in [4.69, 9.17) is 0 Å². The Labute approximate surface area is 63.4 Å². The highest BCUT2D eigenvalue weighted by molar-refractivity contribution is 4.98. The van der Waals surface area contributed by atoms with Gasteiger partial charge in [0.25, 0.3) is 0 Å². The van der Waals surface area contributed by atoms with Crippen molar-refractivity contribution in [1.82, 2.24) is 4.90 Å². The van der Waals surface area contributed by atoms with Crippen LogP contribution in [0.4, 0.5) is 0 Å². The molecule has 0 N–H and O–H groups in total. The van der Waals surface area contributed by atoms with Crippen molar-refractivity contribution in [2.24, 2.45) is 0 Å². The van der Waals surface area contributed by atoms with Crippen molar-refractivity contribution in [3.63, 3.8) is 0 Å². The van der Waals surface area contributed by atoms with Gasteiger partial charge in [0.05, 0.1) is 0 Å². The molecule has 0 aliphatic carbocycles. The van der Waals surface area contributed by atoms with Gasteiger partial charge in [-0.05, 0) is 45.2 Å². The quantitative estimate of drug-likeness (QED) is 0.537. The molecule has 0 unspecified atom stereocenters. The largest absolute Gasteiger partial charge is 0.298 e. The van der Waals surface area contributed by atoms with E-state index in [0.717, 1.165) is 0 Å². The van der Waals surface area contributed by atoms with Crippen molar-refractivity contribution in [1.29, 1.82) is 0 Å². The molecule has 0 bridgehead atoms. The van der Waals surface area contributed by atoms with Crippen molar-refractivity contribution < 1.29 is 0 Å². The van der Waals surface area contributed by atoms with Crippen LogP contribution in [0.25, 0.3) is 0 Å². The molecule has 1 nitrogen and oxygen atoms in total. The summed E-state index contributed by atoms with van der Waals surface area (Å²) in [5.41, 5.74) is 0.681. The molecule has 2 aliphatic rings. The topological polar surface area (TPSA) is 3.24 Å². The van der Waals surface area contributed by atoms with E-state index in [1.54, 1.807) is 0 Å². The van der Waals surface area contributed by atoms with Crippen molar-refractivity contribution >= 4 is 0 Å². The van der Waals surface area contributed by atoms with Crippen molar-refractivity contribution in [3.05, 3.63) is 0 Å². The Bertz CT molecular complexity index is 121. The van der Waals surface area contributed by atoms with E-state index in [0.29, 0.717) is 5.54 Å². The third-order valence-electron chi connectivity index (χ3n) is 3.47. The van der Waals surface area contributed by atoms with Crippen LogP contribution in [0.3, 0.4) is 0 Å². The Morgan fingerprint density at radius 2 is 1.80 bits per heavy atom. The molecule has 0 spiro atoms. The van der Waals surface area contributed by atoms with Gasteiger partial charge in [-0.15, -0.1) is 0 Å². The summed E-state index contributed by atoms with van der Waals surface area (Å²) in [6.45, 7) is 5.12. The highest BCUT2D eigenvalue weighted by Gasteiger charge is 2.42. The molecule has 58 valence electrons.